The molecule has 200 valence electrons. The van der Waals surface area contributed by atoms with Crippen LogP contribution in [0.4, 0.5) is 22.0 Å². The molecule has 11 heteroatoms. The van der Waals surface area contributed by atoms with E-state index in [4.69, 9.17) is 4.74 Å². The Hall–Kier alpha value is -3.21. The number of ether oxygens (including phenoxy) is 1. The normalized spacial score (nSPS) is 16.5. The second-order valence-electron chi connectivity index (χ2n) is 9.27. The summed E-state index contributed by atoms with van der Waals surface area (Å²) in [5.74, 6) is -6.31. The highest BCUT2D eigenvalue weighted by Gasteiger charge is 2.43. The summed E-state index contributed by atoms with van der Waals surface area (Å²) < 4.78 is 74.1. The Morgan fingerprint density at radius 1 is 1.08 bits per heavy atom. The number of benzene rings is 1. The maximum Gasteiger partial charge on any atom is 0.416 e. The van der Waals surface area contributed by atoms with Crippen LogP contribution in [0.1, 0.15) is 49.0 Å². The number of aryl methyl sites for hydroxylation is 1. The zero-order chi connectivity index (χ0) is 26.6. The molecule has 0 atom stereocenters. The predicted molar refractivity (Wildman–Crippen MR) is 126 cm³/mol. The monoisotopic (exact) mass is 525 g/mol. The average Bonchev–Trinajstić information content (AvgIpc) is 3.31. The molecular formula is C26H28F5N3O3. The topological polar surface area (TPSA) is 81.6 Å². The quantitative estimate of drug-likeness (QED) is 0.383. The smallest absolute Gasteiger partial charge is 0.416 e. The molecule has 3 heterocycles. The molecule has 1 aliphatic heterocycles. The van der Waals surface area contributed by atoms with Crippen molar-refractivity contribution >= 4 is 16.9 Å². The molecule has 1 saturated carbocycles. The largest absolute Gasteiger partial charge is 0.474 e. The van der Waals surface area contributed by atoms with Gasteiger partial charge in [0.1, 0.15) is 11.7 Å². The van der Waals surface area contributed by atoms with Gasteiger partial charge in [-0.1, -0.05) is 6.07 Å². The number of pyridine rings is 1. The number of carbonyl (C=O) groups excluding carboxylic acids is 1. The van der Waals surface area contributed by atoms with Crippen LogP contribution < -0.4 is 10.5 Å². The molecule has 1 saturated heterocycles. The van der Waals surface area contributed by atoms with Gasteiger partial charge in [-0.15, -0.1) is 0 Å². The van der Waals surface area contributed by atoms with Gasteiger partial charge in [0, 0.05) is 17.6 Å². The van der Waals surface area contributed by atoms with E-state index in [9.17, 15) is 26.7 Å². The average molecular weight is 526 g/mol. The molecule has 3 aromatic rings. The van der Waals surface area contributed by atoms with Gasteiger partial charge in [0.25, 0.3) is 5.91 Å². The van der Waals surface area contributed by atoms with E-state index < -0.39 is 29.3 Å². The summed E-state index contributed by atoms with van der Waals surface area (Å²) >= 11 is 0. The van der Waals surface area contributed by atoms with Crippen molar-refractivity contribution in [3.05, 3.63) is 59.5 Å². The maximum atomic E-state index is 13.3. The fourth-order valence-electron chi connectivity index (χ4n) is 3.99. The number of hydrogen-bond acceptors (Lipinski definition) is 5. The highest BCUT2D eigenvalue weighted by Crippen LogP contribution is 2.36. The first kappa shape index (κ1) is 26.8. The number of alkyl halides is 5. The van der Waals surface area contributed by atoms with E-state index in [1.165, 1.54) is 57.3 Å². The second-order valence-corrected chi connectivity index (χ2v) is 9.27. The third-order valence-electron chi connectivity index (χ3n) is 6.21. The Bertz CT molecular complexity index is 1200. The van der Waals surface area contributed by atoms with Gasteiger partial charge in [-0.3, -0.25) is 4.79 Å². The van der Waals surface area contributed by atoms with E-state index in [0.29, 0.717) is 24.3 Å². The third kappa shape index (κ3) is 7.18. The fourth-order valence-corrected chi connectivity index (χ4v) is 3.99. The Morgan fingerprint density at radius 2 is 1.81 bits per heavy atom. The van der Waals surface area contributed by atoms with Crippen molar-refractivity contribution in [2.24, 2.45) is 5.73 Å². The minimum Gasteiger partial charge on any atom is -0.474 e. The van der Waals surface area contributed by atoms with E-state index in [2.05, 4.69) is 26.1 Å². The number of aromatic nitrogens is 1. The number of hydrogen-bond donors (Lipinski definition) is 1. The van der Waals surface area contributed by atoms with Crippen molar-refractivity contribution in [2.45, 2.75) is 56.7 Å². The number of primary amides is 1. The van der Waals surface area contributed by atoms with Crippen LogP contribution >= 0.6 is 0 Å². The van der Waals surface area contributed by atoms with Gasteiger partial charge in [0.15, 0.2) is 5.76 Å². The van der Waals surface area contributed by atoms with Gasteiger partial charge in [-0.2, -0.15) is 22.0 Å². The third-order valence-corrected chi connectivity index (χ3v) is 6.21. The molecule has 2 fully saturated rings. The Labute approximate surface area is 210 Å². The highest BCUT2D eigenvalue weighted by molar-refractivity contribution is 5.85. The van der Waals surface area contributed by atoms with E-state index in [1.807, 2.05) is 12.3 Å². The molecular weight excluding hydrogens is 497 g/mol. The number of amides is 1. The molecule has 2 aliphatic rings. The summed E-state index contributed by atoms with van der Waals surface area (Å²) in [5, 5.41) is -0.189. The molecule has 1 aliphatic carbocycles. The van der Waals surface area contributed by atoms with Crippen molar-refractivity contribution in [2.75, 3.05) is 19.6 Å². The maximum absolute atomic E-state index is 13.3. The highest BCUT2D eigenvalue weighted by atomic mass is 19.4. The lowest BCUT2D eigenvalue weighted by atomic mass is 10.1. The number of furan rings is 1. The van der Waals surface area contributed by atoms with E-state index >= 15 is 0 Å². The Balaban J connectivity index is 0.000000173. The molecule has 2 aromatic heterocycles. The first-order valence-electron chi connectivity index (χ1n) is 12.2. The van der Waals surface area contributed by atoms with Crippen molar-refractivity contribution in [1.82, 2.24) is 9.88 Å². The molecule has 1 amide bonds. The molecule has 0 spiro atoms. The van der Waals surface area contributed by atoms with E-state index in [1.54, 1.807) is 0 Å². The van der Waals surface area contributed by atoms with Crippen LogP contribution in [-0.4, -0.2) is 41.5 Å². The zero-order valence-corrected chi connectivity index (χ0v) is 20.1. The lowest BCUT2D eigenvalue weighted by Crippen LogP contribution is -2.32. The standard InChI is InChI=1S/C15H22N2O.C11H6F5NO2/c1-2-10-17(9-1)11-3-4-13-5-8-15(16-12-13)18-14-6-7-14;12-10(13,9(17)18)8-4-5-3-6(11(14,15)16)1-2-7(5)19-8/h5,8,12,14H,1-4,6-7,9-11H2;1-4H,(H2,17,18). The number of rotatable bonds is 8. The van der Waals surface area contributed by atoms with Gasteiger partial charge in [-0.25, -0.2) is 4.98 Å². The van der Waals surface area contributed by atoms with Crippen LogP contribution in [0.5, 0.6) is 5.88 Å². The zero-order valence-electron chi connectivity index (χ0n) is 20.1. The number of halogens is 5. The molecule has 5 rings (SSSR count). The number of carbonyl (C=O) groups is 1. The predicted octanol–water partition coefficient (Wildman–Crippen LogP) is 5.68. The Kier molecular flexibility index (Phi) is 8.01. The Morgan fingerprint density at radius 3 is 2.41 bits per heavy atom. The molecule has 6 nitrogen and oxygen atoms in total. The second kappa shape index (κ2) is 11.0. The van der Waals surface area contributed by atoms with Gasteiger partial charge < -0.3 is 19.8 Å². The van der Waals surface area contributed by atoms with E-state index in [0.717, 1.165) is 18.4 Å². The SMILES string of the molecule is NC(=O)C(F)(F)c1cc2cc(C(F)(F)F)ccc2o1.c1cc(OC2CC2)ncc1CCCN1CCCC1. The summed E-state index contributed by atoms with van der Waals surface area (Å²) in [6.45, 7) is 3.83. The van der Waals surface area contributed by atoms with Crippen LogP contribution in [0.15, 0.2) is 47.0 Å². The van der Waals surface area contributed by atoms with Crippen molar-refractivity contribution < 1.29 is 35.9 Å². The van der Waals surface area contributed by atoms with Crippen LogP contribution in [-0.2, 0) is 23.3 Å². The molecule has 0 radical (unpaired) electrons. The van der Waals surface area contributed by atoms with Crippen molar-refractivity contribution in [3.63, 3.8) is 0 Å². The lowest BCUT2D eigenvalue weighted by molar-refractivity contribution is -0.145. The van der Waals surface area contributed by atoms with Crippen LogP contribution in [0, 0.1) is 0 Å². The van der Waals surface area contributed by atoms with Crippen LogP contribution in [0.2, 0.25) is 0 Å². The molecule has 37 heavy (non-hydrogen) atoms. The number of fused-ring (bicyclic) bond motifs is 1. The van der Waals surface area contributed by atoms with Crippen LogP contribution in [0.25, 0.3) is 11.0 Å². The lowest BCUT2D eigenvalue weighted by Gasteiger charge is -2.13. The first-order chi connectivity index (χ1) is 17.5. The van der Waals surface area contributed by atoms with Crippen molar-refractivity contribution in [3.8, 4) is 5.88 Å². The minimum absolute atomic E-state index is 0.189. The number of nitrogens with zero attached hydrogens (tertiary/aromatic N) is 2. The summed E-state index contributed by atoms with van der Waals surface area (Å²) in [4.78, 5) is 17.5. The van der Waals surface area contributed by atoms with Crippen LogP contribution in [0.3, 0.4) is 0 Å². The minimum atomic E-state index is -4.60. The number of likely N-dealkylation sites (tertiary alicyclic amines) is 1. The van der Waals surface area contributed by atoms with Crippen molar-refractivity contribution in [1.29, 1.82) is 0 Å². The number of nitrogens with two attached hydrogens (primary N) is 1. The molecule has 1 aromatic carbocycles. The fraction of sp³-hybridized carbons (Fsp3) is 0.462. The summed E-state index contributed by atoms with van der Waals surface area (Å²) in [6.07, 6.45) is 5.35. The van der Waals surface area contributed by atoms with Gasteiger partial charge >= 0.3 is 12.1 Å². The summed E-state index contributed by atoms with van der Waals surface area (Å²) in [6, 6.07) is 7.09. The first-order valence-corrected chi connectivity index (χ1v) is 12.2. The van der Waals surface area contributed by atoms with Gasteiger partial charge in [-0.05, 0) is 88.0 Å². The molecule has 0 unspecified atom stereocenters. The summed E-state index contributed by atoms with van der Waals surface area (Å²) in [5.41, 5.74) is 4.63. The van der Waals surface area contributed by atoms with Gasteiger partial charge in [0.2, 0.25) is 5.88 Å². The van der Waals surface area contributed by atoms with E-state index in [-0.39, 0.29) is 11.0 Å². The van der Waals surface area contributed by atoms with Gasteiger partial charge in [0.05, 0.1) is 5.56 Å². The molecule has 2 N–H and O–H groups in total. The molecule has 0 bridgehead atoms. The summed E-state index contributed by atoms with van der Waals surface area (Å²) in [7, 11) is 0.